The summed E-state index contributed by atoms with van der Waals surface area (Å²) in [7, 11) is -2.73. The van der Waals surface area contributed by atoms with Crippen LogP contribution in [-0.2, 0) is 17.4 Å². The zero-order chi connectivity index (χ0) is 15.7. The number of aromatic hydroxyl groups is 1. The number of phenols is 1. The molecule has 0 bridgehead atoms. The predicted molar refractivity (Wildman–Crippen MR) is 77.6 cm³/mol. The van der Waals surface area contributed by atoms with Gasteiger partial charge in [0.15, 0.2) is 0 Å². The van der Waals surface area contributed by atoms with Gasteiger partial charge in [0, 0.05) is 12.6 Å². The van der Waals surface area contributed by atoms with E-state index < -0.39 is 16.7 Å². The van der Waals surface area contributed by atoms with Crippen molar-refractivity contribution in [3.8, 4) is 11.4 Å². The average molecular weight is 322 g/mol. The highest BCUT2D eigenvalue weighted by Gasteiger charge is 2.12. The molecular formula is C13H11FN4O3S. The van der Waals surface area contributed by atoms with Crippen molar-refractivity contribution in [2.45, 2.75) is 6.54 Å². The number of benzene rings is 2. The molecule has 0 aliphatic carbocycles. The fraction of sp³-hybridized carbons (Fsp3) is 0.0769. The summed E-state index contributed by atoms with van der Waals surface area (Å²) in [5.74, 6) is -0.506. The molecule has 0 radical (unpaired) electrons. The van der Waals surface area contributed by atoms with E-state index in [2.05, 4.69) is 15.0 Å². The van der Waals surface area contributed by atoms with Crippen molar-refractivity contribution >= 4 is 21.9 Å². The zero-order valence-corrected chi connectivity index (χ0v) is 12.0. The summed E-state index contributed by atoms with van der Waals surface area (Å²) in [6.45, 7) is 0.0158. The van der Waals surface area contributed by atoms with Gasteiger partial charge in [0.25, 0.3) is 0 Å². The topological polar surface area (TPSA) is 97.1 Å². The number of phenolic OH excluding ortho intramolecular Hbond substituents is 1. The van der Waals surface area contributed by atoms with Crippen molar-refractivity contribution < 1.29 is 17.9 Å². The van der Waals surface area contributed by atoms with Crippen LogP contribution in [0.1, 0.15) is 5.56 Å². The van der Waals surface area contributed by atoms with Crippen molar-refractivity contribution in [3.05, 3.63) is 47.8 Å². The van der Waals surface area contributed by atoms with Crippen LogP contribution in [0, 0.1) is 5.82 Å². The highest BCUT2D eigenvalue weighted by molar-refractivity contribution is 7.70. The Kier molecular flexibility index (Phi) is 3.73. The van der Waals surface area contributed by atoms with Gasteiger partial charge in [-0.05, 0) is 29.8 Å². The zero-order valence-electron chi connectivity index (χ0n) is 11.1. The molecule has 9 heteroatoms. The molecule has 0 spiro atoms. The number of rotatable bonds is 4. The Morgan fingerprint density at radius 3 is 2.77 bits per heavy atom. The maximum Gasteiger partial charge on any atom is 0.201 e. The summed E-state index contributed by atoms with van der Waals surface area (Å²) in [6.07, 6.45) is 0. The minimum absolute atomic E-state index is 0.0158. The molecule has 2 aromatic carbocycles. The molecule has 1 heterocycles. The number of halogens is 1. The van der Waals surface area contributed by atoms with Crippen LogP contribution in [-0.4, -0.2) is 28.5 Å². The summed E-state index contributed by atoms with van der Waals surface area (Å²) in [5, 5.41) is 17.1. The van der Waals surface area contributed by atoms with E-state index in [1.807, 2.05) is 0 Å². The smallest absolute Gasteiger partial charge is 0.201 e. The average Bonchev–Trinajstić information content (AvgIpc) is 2.88. The van der Waals surface area contributed by atoms with Crippen LogP contribution in [0.15, 0.2) is 36.4 Å². The highest BCUT2D eigenvalue weighted by Crippen LogP contribution is 2.22. The minimum Gasteiger partial charge on any atom is -0.508 e. The molecule has 0 atom stereocenters. The van der Waals surface area contributed by atoms with Gasteiger partial charge < -0.3 is 5.11 Å². The Balaban J connectivity index is 2.00. The van der Waals surface area contributed by atoms with Crippen LogP contribution >= 0.6 is 0 Å². The van der Waals surface area contributed by atoms with E-state index >= 15 is 0 Å². The lowest BCUT2D eigenvalue weighted by Crippen LogP contribution is -2.11. The van der Waals surface area contributed by atoms with E-state index in [4.69, 9.17) is 0 Å². The lowest BCUT2D eigenvalue weighted by molar-refractivity contribution is 0.476. The van der Waals surface area contributed by atoms with Crippen molar-refractivity contribution in [1.29, 1.82) is 0 Å². The Hall–Kier alpha value is -2.52. The van der Waals surface area contributed by atoms with Gasteiger partial charge >= 0.3 is 0 Å². The lowest BCUT2D eigenvalue weighted by Gasteiger charge is -2.06. The Labute approximate surface area is 126 Å². The second-order valence-corrected chi connectivity index (χ2v) is 5.38. The summed E-state index contributed by atoms with van der Waals surface area (Å²) in [4.78, 5) is 0. The SMILES string of the molecule is O=[SH](=O)NCc1ccc(-n2nnc3cc(O)ccc32)c(F)c1. The second-order valence-electron chi connectivity index (χ2n) is 4.55. The summed E-state index contributed by atoms with van der Waals surface area (Å²) in [5.41, 5.74) is 1.66. The van der Waals surface area contributed by atoms with Crippen LogP contribution in [0.25, 0.3) is 16.7 Å². The highest BCUT2D eigenvalue weighted by atomic mass is 32.2. The Bertz CT molecular complexity index is 915. The maximum atomic E-state index is 14.2. The van der Waals surface area contributed by atoms with Gasteiger partial charge in [-0.15, -0.1) is 5.10 Å². The summed E-state index contributed by atoms with van der Waals surface area (Å²) >= 11 is 0. The maximum absolute atomic E-state index is 14.2. The molecule has 22 heavy (non-hydrogen) atoms. The van der Waals surface area contributed by atoms with Gasteiger partial charge in [0.2, 0.25) is 10.9 Å². The molecule has 0 fully saturated rings. The van der Waals surface area contributed by atoms with Gasteiger partial charge in [0.1, 0.15) is 22.8 Å². The number of hydrogen-bond acceptors (Lipinski definition) is 5. The van der Waals surface area contributed by atoms with E-state index in [9.17, 15) is 17.9 Å². The standard InChI is InChI=1S/C13H11FN4O3S/c14-10-5-8(7-15-22(20)21)1-3-12(10)18-13-4-2-9(19)6-11(13)16-17-18/h1-6,19,22H,7H2,(H,15,20,21). The molecule has 114 valence electrons. The molecule has 2 N–H and O–H groups in total. The number of fused-ring (bicyclic) bond motifs is 1. The first-order valence-electron chi connectivity index (χ1n) is 6.26. The van der Waals surface area contributed by atoms with Gasteiger partial charge in [0.05, 0.1) is 5.52 Å². The van der Waals surface area contributed by atoms with Gasteiger partial charge in [-0.3, -0.25) is 0 Å². The molecular weight excluding hydrogens is 311 g/mol. The minimum atomic E-state index is -2.73. The molecule has 7 nitrogen and oxygen atoms in total. The number of hydrogen-bond donors (Lipinski definition) is 3. The van der Waals surface area contributed by atoms with Crippen molar-refractivity contribution in [2.24, 2.45) is 0 Å². The third-order valence-electron chi connectivity index (χ3n) is 3.08. The molecule has 1 aromatic heterocycles. The van der Waals surface area contributed by atoms with Crippen molar-refractivity contribution in [2.75, 3.05) is 0 Å². The number of thiol groups is 1. The molecule has 0 saturated carbocycles. The molecule has 0 saturated heterocycles. The number of nitrogens with one attached hydrogen (secondary N) is 1. The van der Waals surface area contributed by atoms with Crippen LogP contribution in [0.2, 0.25) is 0 Å². The fourth-order valence-corrected chi connectivity index (χ4v) is 2.39. The van der Waals surface area contributed by atoms with Crippen LogP contribution in [0.4, 0.5) is 4.39 Å². The first-order chi connectivity index (χ1) is 10.5. The van der Waals surface area contributed by atoms with Crippen LogP contribution in [0.3, 0.4) is 0 Å². The summed E-state index contributed by atoms with van der Waals surface area (Å²) < 4.78 is 38.7. The first kappa shape index (κ1) is 14.4. The molecule has 0 amide bonds. The largest absolute Gasteiger partial charge is 0.508 e. The predicted octanol–water partition coefficient (Wildman–Crippen LogP) is 0.881. The monoisotopic (exact) mass is 322 g/mol. The fourth-order valence-electron chi connectivity index (χ4n) is 2.08. The first-order valence-corrected chi connectivity index (χ1v) is 7.43. The number of aromatic nitrogens is 3. The molecule has 0 unspecified atom stereocenters. The molecule has 0 aliphatic rings. The van der Waals surface area contributed by atoms with Gasteiger partial charge in [-0.2, -0.15) is 0 Å². The Morgan fingerprint density at radius 1 is 1.23 bits per heavy atom. The van der Waals surface area contributed by atoms with Gasteiger partial charge in [-0.25, -0.2) is 22.2 Å². The van der Waals surface area contributed by atoms with Crippen molar-refractivity contribution in [1.82, 2.24) is 19.7 Å². The van der Waals surface area contributed by atoms with E-state index in [0.29, 0.717) is 16.6 Å². The van der Waals surface area contributed by atoms with Crippen molar-refractivity contribution in [3.63, 3.8) is 0 Å². The normalized spacial score (nSPS) is 11.4. The molecule has 0 aliphatic heterocycles. The molecule has 3 rings (SSSR count). The lowest BCUT2D eigenvalue weighted by atomic mass is 10.2. The third-order valence-corrected chi connectivity index (χ3v) is 3.50. The van der Waals surface area contributed by atoms with Crippen LogP contribution < -0.4 is 4.72 Å². The van der Waals surface area contributed by atoms with E-state index in [0.717, 1.165) is 0 Å². The van der Waals surface area contributed by atoms with E-state index in [1.165, 1.54) is 28.9 Å². The summed E-state index contributed by atoms with van der Waals surface area (Å²) in [6, 6.07) is 8.79. The van der Waals surface area contributed by atoms with E-state index in [1.54, 1.807) is 12.1 Å². The van der Waals surface area contributed by atoms with Crippen LogP contribution in [0.5, 0.6) is 5.75 Å². The van der Waals surface area contributed by atoms with E-state index in [-0.39, 0.29) is 18.0 Å². The Morgan fingerprint density at radius 2 is 2.05 bits per heavy atom. The second kappa shape index (κ2) is 5.70. The molecule has 3 aromatic rings. The third kappa shape index (κ3) is 2.76. The number of nitrogens with zero attached hydrogens (tertiary/aromatic N) is 3. The quantitative estimate of drug-likeness (QED) is 0.620. The van der Waals surface area contributed by atoms with Gasteiger partial charge in [-0.1, -0.05) is 11.3 Å².